The van der Waals surface area contributed by atoms with Gasteiger partial charge in [-0.1, -0.05) is 70.2 Å². The summed E-state index contributed by atoms with van der Waals surface area (Å²) in [4.78, 5) is 0. The Morgan fingerprint density at radius 3 is 1.69 bits per heavy atom. The highest BCUT2D eigenvalue weighted by atomic mass is 13.7. The van der Waals surface area contributed by atoms with Crippen LogP contribution in [-0.4, -0.2) is 0 Å². The first-order valence-electron chi connectivity index (χ1n) is 5.97. The smallest absolute Gasteiger partial charge is 0.0354 e. The molecule has 0 aliphatic rings. The van der Waals surface area contributed by atoms with Crippen LogP contribution in [-0.2, 0) is 0 Å². The van der Waals surface area contributed by atoms with Crippen molar-refractivity contribution in [1.82, 2.24) is 0 Å². The number of hydrogen-bond acceptors (Lipinski definition) is 0. The molecule has 0 aromatic carbocycles. The van der Waals surface area contributed by atoms with Crippen LogP contribution >= 0.6 is 0 Å². The van der Waals surface area contributed by atoms with Crippen LogP contribution in [0.25, 0.3) is 0 Å². The summed E-state index contributed by atoms with van der Waals surface area (Å²) in [6.45, 7) is 19.8. The van der Waals surface area contributed by atoms with Gasteiger partial charge in [0.05, 0.1) is 0 Å². The standard InChI is InChI=1S/C7H10.C5H10.C4H10/c1-3-5-7-6-4-2;1-4-5(2)3;1-4(2)3/h3-7H,1H2,2H3;2,4H2,1,3H3;4H,1-3H3/b6-4?,7-5-;;. The fourth-order valence-electron chi connectivity index (χ4n) is 0.254. The third-order valence-corrected chi connectivity index (χ3v) is 1.15. The number of rotatable bonds is 3. The van der Waals surface area contributed by atoms with Gasteiger partial charge in [0.1, 0.15) is 0 Å². The van der Waals surface area contributed by atoms with Gasteiger partial charge in [0, 0.05) is 0 Å². The van der Waals surface area contributed by atoms with Crippen molar-refractivity contribution in [2.45, 2.75) is 48.0 Å². The molecule has 0 N–H and O–H groups in total. The minimum atomic E-state index is 0.833. The fourth-order valence-corrected chi connectivity index (χ4v) is 0.254. The first-order valence-corrected chi connectivity index (χ1v) is 5.97. The summed E-state index contributed by atoms with van der Waals surface area (Å²) in [5.41, 5.74) is 1.25. The minimum absolute atomic E-state index is 0.833. The molecular formula is C16H30. The largest absolute Gasteiger partial charge is 0.100 e. The van der Waals surface area contributed by atoms with Crippen molar-refractivity contribution < 1.29 is 0 Å². The van der Waals surface area contributed by atoms with Gasteiger partial charge in [0.25, 0.3) is 0 Å². The molecule has 0 aromatic rings. The summed E-state index contributed by atoms with van der Waals surface area (Å²) in [6.07, 6.45) is 10.6. The van der Waals surface area contributed by atoms with Crippen LogP contribution in [0.2, 0.25) is 0 Å². The molecule has 0 bridgehead atoms. The molecule has 0 radical (unpaired) electrons. The first-order chi connectivity index (χ1) is 7.42. The van der Waals surface area contributed by atoms with Crippen molar-refractivity contribution >= 4 is 0 Å². The maximum Gasteiger partial charge on any atom is -0.0354 e. The zero-order valence-electron chi connectivity index (χ0n) is 12.1. The van der Waals surface area contributed by atoms with E-state index in [9.17, 15) is 0 Å². The van der Waals surface area contributed by atoms with E-state index in [2.05, 4.69) is 40.9 Å². The summed E-state index contributed by atoms with van der Waals surface area (Å²) in [7, 11) is 0. The molecule has 0 aromatic heterocycles. The quantitative estimate of drug-likeness (QED) is 0.409. The molecule has 0 heteroatoms. The van der Waals surface area contributed by atoms with Gasteiger partial charge in [0.2, 0.25) is 0 Å². The lowest BCUT2D eigenvalue weighted by atomic mass is 10.3. The molecule has 0 aliphatic carbocycles. The van der Waals surface area contributed by atoms with Gasteiger partial charge < -0.3 is 0 Å². The molecule has 0 aliphatic heterocycles. The van der Waals surface area contributed by atoms with E-state index in [0.717, 1.165) is 12.3 Å². The van der Waals surface area contributed by atoms with E-state index in [1.165, 1.54) is 5.57 Å². The molecule has 0 fully saturated rings. The average molecular weight is 222 g/mol. The Morgan fingerprint density at radius 2 is 1.50 bits per heavy atom. The van der Waals surface area contributed by atoms with Crippen LogP contribution in [0.4, 0.5) is 0 Å². The van der Waals surface area contributed by atoms with Crippen LogP contribution in [0.5, 0.6) is 0 Å². The molecule has 16 heavy (non-hydrogen) atoms. The van der Waals surface area contributed by atoms with Crippen LogP contribution in [0.1, 0.15) is 48.0 Å². The molecule has 0 rings (SSSR count). The Balaban J connectivity index is -0.000000166. The lowest BCUT2D eigenvalue weighted by molar-refractivity contribution is 0.737. The third-order valence-electron chi connectivity index (χ3n) is 1.15. The lowest BCUT2D eigenvalue weighted by Crippen LogP contribution is -1.66. The topological polar surface area (TPSA) is 0 Å². The van der Waals surface area contributed by atoms with E-state index in [1.54, 1.807) is 6.08 Å². The average Bonchev–Trinajstić information content (AvgIpc) is 2.19. The predicted octanol–water partition coefficient (Wildman–Crippen LogP) is 5.94. The van der Waals surface area contributed by atoms with Crippen molar-refractivity contribution in [2.75, 3.05) is 0 Å². The fraction of sp³-hybridized carbons (Fsp3) is 0.500. The van der Waals surface area contributed by atoms with Crippen LogP contribution in [0.15, 0.2) is 49.1 Å². The summed E-state index contributed by atoms with van der Waals surface area (Å²) >= 11 is 0. The van der Waals surface area contributed by atoms with E-state index in [-0.39, 0.29) is 0 Å². The molecule has 0 saturated carbocycles. The first kappa shape index (κ1) is 20.4. The highest BCUT2D eigenvalue weighted by Crippen LogP contribution is 1.88. The van der Waals surface area contributed by atoms with Crippen LogP contribution in [0.3, 0.4) is 0 Å². The Morgan fingerprint density at radius 1 is 1.12 bits per heavy atom. The minimum Gasteiger partial charge on any atom is -0.100 e. The Hall–Kier alpha value is -1.04. The third kappa shape index (κ3) is 75.4. The highest BCUT2D eigenvalue weighted by molar-refractivity contribution is 5.07. The summed E-state index contributed by atoms with van der Waals surface area (Å²) in [5, 5.41) is 0. The summed E-state index contributed by atoms with van der Waals surface area (Å²) in [5.74, 6) is 0.833. The maximum atomic E-state index is 3.67. The zero-order chi connectivity index (χ0) is 13.4. The number of hydrogen-bond donors (Lipinski definition) is 0. The van der Waals surface area contributed by atoms with Gasteiger partial charge in [-0.15, -0.1) is 6.58 Å². The van der Waals surface area contributed by atoms with Gasteiger partial charge in [-0.25, -0.2) is 0 Å². The predicted molar refractivity (Wildman–Crippen MR) is 79.8 cm³/mol. The van der Waals surface area contributed by atoms with Crippen molar-refractivity contribution in [3.8, 4) is 0 Å². The second kappa shape index (κ2) is 19.5. The molecule has 0 unspecified atom stereocenters. The van der Waals surface area contributed by atoms with Crippen LogP contribution < -0.4 is 0 Å². The van der Waals surface area contributed by atoms with Gasteiger partial charge >= 0.3 is 0 Å². The molecule has 0 heterocycles. The second-order valence-electron chi connectivity index (χ2n) is 4.19. The molecule has 0 saturated heterocycles. The van der Waals surface area contributed by atoms with E-state index in [1.807, 2.05) is 38.2 Å². The van der Waals surface area contributed by atoms with Gasteiger partial charge in [0.15, 0.2) is 0 Å². The number of allylic oxidation sites excluding steroid dienone is 6. The normalized spacial score (nSPS) is 9.44. The van der Waals surface area contributed by atoms with Crippen molar-refractivity contribution in [3.63, 3.8) is 0 Å². The Bertz CT molecular complexity index is 189. The van der Waals surface area contributed by atoms with E-state index < -0.39 is 0 Å². The summed E-state index contributed by atoms with van der Waals surface area (Å²) < 4.78 is 0. The molecular weight excluding hydrogens is 192 g/mol. The maximum absolute atomic E-state index is 3.67. The molecule has 94 valence electrons. The molecule has 0 nitrogen and oxygen atoms in total. The van der Waals surface area contributed by atoms with E-state index in [4.69, 9.17) is 0 Å². The monoisotopic (exact) mass is 222 g/mol. The van der Waals surface area contributed by atoms with Crippen molar-refractivity contribution in [3.05, 3.63) is 49.1 Å². The zero-order valence-corrected chi connectivity index (χ0v) is 12.1. The van der Waals surface area contributed by atoms with E-state index in [0.29, 0.717) is 0 Å². The van der Waals surface area contributed by atoms with E-state index >= 15 is 0 Å². The van der Waals surface area contributed by atoms with Gasteiger partial charge in [-0.05, 0) is 26.2 Å². The summed E-state index contributed by atoms with van der Waals surface area (Å²) in [6, 6.07) is 0. The molecule has 0 atom stereocenters. The highest BCUT2D eigenvalue weighted by Gasteiger charge is 1.68. The molecule has 0 spiro atoms. The van der Waals surface area contributed by atoms with Gasteiger partial charge in [-0.2, -0.15) is 0 Å². The van der Waals surface area contributed by atoms with Crippen molar-refractivity contribution in [2.24, 2.45) is 5.92 Å². The van der Waals surface area contributed by atoms with Gasteiger partial charge in [-0.3, -0.25) is 0 Å². The second-order valence-corrected chi connectivity index (χ2v) is 4.19. The van der Waals surface area contributed by atoms with Crippen molar-refractivity contribution in [1.29, 1.82) is 0 Å². The Labute approximate surface area is 103 Å². The van der Waals surface area contributed by atoms with Crippen LogP contribution in [0, 0.1) is 5.92 Å². The Kier molecular flexibility index (Phi) is 24.9. The lowest BCUT2D eigenvalue weighted by Gasteiger charge is -1.79. The molecule has 0 amide bonds. The SMILES string of the molecule is C=C(C)CC.C=C/C=C\C=CC.CC(C)C.